The number of nitrogens with zero attached hydrogens (tertiary/aromatic N) is 3. The highest BCUT2D eigenvalue weighted by molar-refractivity contribution is 6.30. The van der Waals surface area contributed by atoms with Crippen molar-refractivity contribution in [1.82, 2.24) is 13.9 Å². The zero-order valence-electron chi connectivity index (χ0n) is 10.5. The lowest BCUT2D eigenvalue weighted by molar-refractivity contribution is 0.274. The summed E-state index contributed by atoms with van der Waals surface area (Å²) in [6.45, 7) is 3.27. The summed E-state index contributed by atoms with van der Waals surface area (Å²) in [5, 5.41) is 0.578. The van der Waals surface area contributed by atoms with E-state index < -0.39 is 0 Å². The molecule has 0 amide bonds. The van der Waals surface area contributed by atoms with Crippen LogP contribution in [-0.2, 0) is 13.1 Å². The lowest BCUT2D eigenvalue weighted by Crippen LogP contribution is -2.34. The Morgan fingerprint density at radius 2 is 1.74 bits per heavy atom. The van der Waals surface area contributed by atoms with Gasteiger partial charge in [0.15, 0.2) is 0 Å². The quantitative estimate of drug-likeness (QED) is 0.794. The molecule has 0 aliphatic carbocycles. The zero-order valence-corrected chi connectivity index (χ0v) is 11.3. The van der Waals surface area contributed by atoms with Gasteiger partial charge in [-0.05, 0) is 36.6 Å². The predicted octanol–water partition coefficient (Wildman–Crippen LogP) is 1.49. The minimum absolute atomic E-state index is 0.278. The summed E-state index contributed by atoms with van der Waals surface area (Å²) in [7, 11) is 0. The van der Waals surface area contributed by atoms with Crippen molar-refractivity contribution in [2.45, 2.75) is 26.4 Å². The Labute approximate surface area is 114 Å². The molecule has 1 atom stereocenters. The van der Waals surface area contributed by atoms with E-state index in [4.69, 9.17) is 11.6 Å². The summed E-state index contributed by atoms with van der Waals surface area (Å²) in [6.07, 6.45) is 0.921. The number of fused-ring (bicyclic) bond motifs is 1. The van der Waals surface area contributed by atoms with Crippen molar-refractivity contribution in [3.05, 3.63) is 50.3 Å². The highest BCUT2D eigenvalue weighted by Gasteiger charge is 2.22. The van der Waals surface area contributed by atoms with Gasteiger partial charge in [-0.15, -0.1) is 0 Å². The van der Waals surface area contributed by atoms with Gasteiger partial charge in [0.25, 0.3) is 0 Å². The molecule has 0 fully saturated rings. The Kier molecular flexibility index (Phi) is 2.86. The minimum atomic E-state index is -0.279. The van der Waals surface area contributed by atoms with Crippen LogP contribution in [0.15, 0.2) is 33.9 Å². The van der Waals surface area contributed by atoms with Crippen molar-refractivity contribution in [3.8, 4) is 5.69 Å². The summed E-state index contributed by atoms with van der Waals surface area (Å²) in [4.78, 5) is 24.6. The van der Waals surface area contributed by atoms with Crippen molar-refractivity contribution >= 4 is 11.6 Å². The molecule has 1 aliphatic heterocycles. The molecule has 100 valence electrons. The third-order valence-corrected chi connectivity index (χ3v) is 3.77. The maximum atomic E-state index is 12.3. The zero-order chi connectivity index (χ0) is 13.6. The average Bonchev–Trinajstić information content (AvgIpc) is 2.63. The van der Waals surface area contributed by atoms with E-state index in [-0.39, 0.29) is 11.4 Å². The van der Waals surface area contributed by atoms with Crippen molar-refractivity contribution in [1.29, 1.82) is 0 Å². The molecule has 1 unspecified atom stereocenters. The fourth-order valence-electron chi connectivity index (χ4n) is 2.45. The third kappa shape index (κ3) is 1.94. The minimum Gasteiger partial charge on any atom is -0.246 e. The Morgan fingerprint density at radius 3 is 2.42 bits per heavy atom. The van der Waals surface area contributed by atoms with Crippen LogP contribution in [-0.4, -0.2) is 13.9 Å². The molecule has 5 nitrogen and oxygen atoms in total. The first kappa shape index (κ1) is 12.3. The standard InChI is InChI=1S/C13H14ClN3O2/c1-9-6-7-15-12(18)17(13(19)16(15)8-9)11-4-2-10(14)3-5-11/h2-5,9H,6-8H2,1H3. The molecule has 0 N–H and O–H groups in total. The molecule has 0 saturated heterocycles. The van der Waals surface area contributed by atoms with E-state index in [9.17, 15) is 9.59 Å². The van der Waals surface area contributed by atoms with Gasteiger partial charge in [-0.3, -0.25) is 0 Å². The van der Waals surface area contributed by atoms with E-state index in [0.29, 0.717) is 29.7 Å². The van der Waals surface area contributed by atoms with Gasteiger partial charge in [-0.1, -0.05) is 18.5 Å². The van der Waals surface area contributed by atoms with Crippen LogP contribution in [0.4, 0.5) is 0 Å². The molecule has 1 aromatic heterocycles. The molecule has 0 saturated carbocycles. The van der Waals surface area contributed by atoms with Crippen LogP contribution >= 0.6 is 11.6 Å². The highest BCUT2D eigenvalue weighted by Crippen LogP contribution is 2.13. The molecule has 3 rings (SSSR count). The average molecular weight is 280 g/mol. The topological polar surface area (TPSA) is 48.9 Å². The molecule has 6 heteroatoms. The molecule has 0 bridgehead atoms. The second kappa shape index (κ2) is 4.42. The smallest absolute Gasteiger partial charge is 0.246 e. The normalized spacial score (nSPS) is 18.3. The maximum absolute atomic E-state index is 12.3. The molecule has 2 heterocycles. The summed E-state index contributed by atoms with van der Waals surface area (Å²) in [5.41, 5.74) is -0.000419. The molecular formula is C13H14ClN3O2. The summed E-state index contributed by atoms with van der Waals surface area (Å²) >= 11 is 5.82. The number of rotatable bonds is 1. The number of hydrogen-bond acceptors (Lipinski definition) is 2. The van der Waals surface area contributed by atoms with Gasteiger partial charge in [0.2, 0.25) is 0 Å². The van der Waals surface area contributed by atoms with Crippen LogP contribution in [0, 0.1) is 5.92 Å². The van der Waals surface area contributed by atoms with E-state index in [2.05, 4.69) is 6.92 Å². The van der Waals surface area contributed by atoms with Crippen molar-refractivity contribution in [3.63, 3.8) is 0 Å². The first-order valence-corrected chi connectivity index (χ1v) is 6.64. The first-order chi connectivity index (χ1) is 9.08. The SMILES string of the molecule is CC1CCn2c(=O)n(-c3ccc(Cl)cc3)c(=O)n2C1. The van der Waals surface area contributed by atoms with Crippen LogP contribution in [0.2, 0.25) is 5.02 Å². The van der Waals surface area contributed by atoms with Crippen LogP contribution in [0.1, 0.15) is 13.3 Å². The van der Waals surface area contributed by atoms with Crippen LogP contribution in [0.25, 0.3) is 5.69 Å². The Hall–Kier alpha value is -1.75. The van der Waals surface area contributed by atoms with Gasteiger partial charge < -0.3 is 0 Å². The molecule has 2 aromatic rings. The fraction of sp³-hybridized carbons (Fsp3) is 0.385. The van der Waals surface area contributed by atoms with Crippen molar-refractivity contribution < 1.29 is 0 Å². The number of hydrogen-bond donors (Lipinski definition) is 0. The maximum Gasteiger partial charge on any atom is 0.351 e. The Morgan fingerprint density at radius 1 is 1.11 bits per heavy atom. The highest BCUT2D eigenvalue weighted by atomic mass is 35.5. The monoisotopic (exact) mass is 279 g/mol. The molecule has 0 radical (unpaired) electrons. The molecular weight excluding hydrogens is 266 g/mol. The van der Waals surface area contributed by atoms with Crippen LogP contribution in [0.3, 0.4) is 0 Å². The van der Waals surface area contributed by atoms with Crippen LogP contribution < -0.4 is 11.4 Å². The second-order valence-electron chi connectivity index (χ2n) is 4.98. The van der Waals surface area contributed by atoms with Crippen molar-refractivity contribution in [2.24, 2.45) is 5.92 Å². The summed E-state index contributed by atoms with van der Waals surface area (Å²) < 4.78 is 4.26. The number of benzene rings is 1. The molecule has 1 aromatic carbocycles. The summed E-state index contributed by atoms with van der Waals surface area (Å²) in [6, 6.07) is 6.71. The van der Waals surface area contributed by atoms with Gasteiger partial charge in [-0.2, -0.15) is 0 Å². The van der Waals surface area contributed by atoms with E-state index in [1.54, 1.807) is 24.3 Å². The Bertz CT molecular complexity index is 724. The molecule has 19 heavy (non-hydrogen) atoms. The van der Waals surface area contributed by atoms with E-state index in [1.165, 1.54) is 13.9 Å². The van der Waals surface area contributed by atoms with Gasteiger partial charge in [0.05, 0.1) is 5.69 Å². The van der Waals surface area contributed by atoms with E-state index >= 15 is 0 Å². The lowest BCUT2D eigenvalue weighted by Gasteiger charge is -2.20. The predicted molar refractivity (Wildman–Crippen MR) is 73.1 cm³/mol. The third-order valence-electron chi connectivity index (χ3n) is 3.52. The fourth-order valence-corrected chi connectivity index (χ4v) is 2.58. The molecule has 0 spiro atoms. The van der Waals surface area contributed by atoms with Crippen LogP contribution in [0.5, 0.6) is 0 Å². The van der Waals surface area contributed by atoms with Gasteiger partial charge >= 0.3 is 11.4 Å². The van der Waals surface area contributed by atoms with Gasteiger partial charge in [0, 0.05) is 18.1 Å². The first-order valence-electron chi connectivity index (χ1n) is 6.26. The van der Waals surface area contributed by atoms with E-state index in [0.717, 1.165) is 6.42 Å². The molecule has 1 aliphatic rings. The number of halogens is 1. The number of aromatic nitrogens is 3. The lowest BCUT2D eigenvalue weighted by atomic mass is 10.1. The van der Waals surface area contributed by atoms with Gasteiger partial charge in [-0.25, -0.2) is 23.5 Å². The largest absolute Gasteiger partial charge is 0.351 e. The van der Waals surface area contributed by atoms with Crippen molar-refractivity contribution in [2.75, 3.05) is 0 Å². The Balaban J connectivity index is 2.21. The summed E-state index contributed by atoms with van der Waals surface area (Å²) in [5.74, 6) is 0.415. The second-order valence-corrected chi connectivity index (χ2v) is 5.41. The van der Waals surface area contributed by atoms with Gasteiger partial charge in [0.1, 0.15) is 0 Å². The van der Waals surface area contributed by atoms with E-state index in [1.807, 2.05) is 0 Å².